The van der Waals surface area contributed by atoms with Crippen molar-refractivity contribution in [3.63, 3.8) is 0 Å². The zero-order chi connectivity index (χ0) is 19.3. The summed E-state index contributed by atoms with van der Waals surface area (Å²) in [6.07, 6.45) is 1.47. The lowest BCUT2D eigenvalue weighted by atomic mass is 10.1. The van der Waals surface area contributed by atoms with Crippen molar-refractivity contribution in [2.24, 2.45) is 0 Å². The number of amides is 2. The summed E-state index contributed by atoms with van der Waals surface area (Å²) < 4.78 is 5.54. The molecule has 0 aromatic heterocycles. The van der Waals surface area contributed by atoms with Gasteiger partial charge in [-0.15, -0.1) is 0 Å². The molecule has 0 aliphatic carbocycles. The van der Waals surface area contributed by atoms with E-state index in [9.17, 15) is 19.5 Å². The number of hydrogen-bond donors (Lipinski definition) is 2. The molecule has 0 bridgehead atoms. The van der Waals surface area contributed by atoms with Crippen molar-refractivity contribution in [2.75, 3.05) is 18.1 Å². The number of carbonyl (C=O) groups excluding carboxylic acids is 2. The molecule has 0 saturated carbocycles. The number of carboxylic acid groups (broad SMARTS) is 1. The number of ether oxygens (including phenoxy) is 1. The second kappa shape index (κ2) is 8.31. The van der Waals surface area contributed by atoms with Crippen molar-refractivity contribution < 1.29 is 24.2 Å². The predicted molar refractivity (Wildman–Crippen MR) is 97.2 cm³/mol. The van der Waals surface area contributed by atoms with E-state index in [1.807, 2.05) is 20.8 Å². The first-order valence-electron chi connectivity index (χ1n) is 8.75. The number of rotatable bonds is 7. The van der Waals surface area contributed by atoms with Gasteiger partial charge >= 0.3 is 5.97 Å². The van der Waals surface area contributed by atoms with Gasteiger partial charge in [-0.1, -0.05) is 6.07 Å². The first-order chi connectivity index (χ1) is 12.2. The average molecular weight is 362 g/mol. The zero-order valence-corrected chi connectivity index (χ0v) is 15.4. The summed E-state index contributed by atoms with van der Waals surface area (Å²) >= 11 is 0. The Morgan fingerprint density at radius 2 is 2.08 bits per heavy atom. The molecule has 1 fully saturated rings. The van der Waals surface area contributed by atoms with Gasteiger partial charge in [0.15, 0.2) is 0 Å². The maximum Gasteiger partial charge on any atom is 0.326 e. The summed E-state index contributed by atoms with van der Waals surface area (Å²) in [7, 11) is 0. The monoisotopic (exact) mass is 362 g/mol. The van der Waals surface area contributed by atoms with Crippen molar-refractivity contribution >= 4 is 23.5 Å². The fraction of sp³-hybridized carbons (Fsp3) is 0.526. The van der Waals surface area contributed by atoms with Crippen molar-refractivity contribution in [2.45, 2.75) is 51.7 Å². The SMILES string of the molecule is CC(C)(C)OCCC(NC(=O)c1cccc(N2CCCC2=O)c1)C(=O)O. The Morgan fingerprint density at radius 1 is 1.35 bits per heavy atom. The minimum atomic E-state index is -1.11. The molecule has 0 spiro atoms. The highest BCUT2D eigenvalue weighted by Gasteiger charge is 2.24. The van der Waals surface area contributed by atoms with Gasteiger partial charge in [0.1, 0.15) is 6.04 Å². The number of benzene rings is 1. The van der Waals surface area contributed by atoms with Gasteiger partial charge in [0.25, 0.3) is 5.91 Å². The minimum absolute atomic E-state index is 0.0327. The molecule has 2 N–H and O–H groups in total. The quantitative estimate of drug-likeness (QED) is 0.775. The van der Waals surface area contributed by atoms with E-state index < -0.39 is 17.9 Å². The van der Waals surface area contributed by atoms with Crippen LogP contribution in [0.2, 0.25) is 0 Å². The Labute approximate surface area is 153 Å². The molecule has 1 aliphatic rings. The topological polar surface area (TPSA) is 95.9 Å². The van der Waals surface area contributed by atoms with Crippen molar-refractivity contribution in [3.8, 4) is 0 Å². The van der Waals surface area contributed by atoms with Crippen molar-refractivity contribution in [1.82, 2.24) is 5.32 Å². The third-order valence-corrected chi connectivity index (χ3v) is 4.04. The molecular weight excluding hydrogens is 336 g/mol. The first kappa shape index (κ1) is 19.9. The third-order valence-electron chi connectivity index (χ3n) is 4.04. The van der Waals surface area contributed by atoms with Crippen LogP contribution < -0.4 is 10.2 Å². The van der Waals surface area contributed by atoms with Gasteiger partial charge in [-0.25, -0.2) is 4.79 Å². The summed E-state index contributed by atoms with van der Waals surface area (Å²) in [5.41, 5.74) is 0.609. The van der Waals surface area contributed by atoms with E-state index in [0.717, 1.165) is 6.42 Å². The highest BCUT2D eigenvalue weighted by molar-refractivity contribution is 6.00. The van der Waals surface area contributed by atoms with Gasteiger partial charge < -0.3 is 20.1 Å². The lowest BCUT2D eigenvalue weighted by Crippen LogP contribution is -2.42. The van der Waals surface area contributed by atoms with Gasteiger partial charge in [-0.05, 0) is 45.4 Å². The van der Waals surface area contributed by atoms with E-state index >= 15 is 0 Å². The van der Waals surface area contributed by atoms with Gasteiger partial charge in [0, 0.05) is 37.2 Å². The van der Waals surface area contributed by atoms with Crippen LogP contribution in [-0.2, 0) is 14.3 Å². The van der Waals surface area contributed by atoms with Gasteiger partial charge in [0.05, 0.1) is 5.60 Å². The lowest BCUT2D eigenvalue weighted by Gasteiger charge is -2.21. The summed E-state index contributed by atoms with van der Waals surface area (Å²) in [4.78, 5) is 37.4. The Morgan fingerprint density at radius 3 is 2.65 bits per heavy atom. The zero-order valence-electron chi connectivity index (χ0n) is 15.4. The summed E-state index contributed by atoms with van der Waals surface area (Å²) in [5, 5.41) is 11.9. The van der Waals surface area contributed by atoms with Crippen LogP contribution in [0.25, 0.3) is 0 Å². The maximum atomic E-state index is 12.4. The fourth-order valence-corrected chi connectivity index (χ4v) is 2.72. The van der Waals surface area contributed by atoms with Crippen molar-refractivity contribution in [1.29, 1.82) is 0 Å². The number of carboxylic acids is 1. The molecule has 7 nitrogen and oxygen atoms in total. The molecule has 2 amide bonds. The van der Waals surface area contributed by atoms with Gasteiger partial charge in [-0.2, -0.15) is 0 Å². The molecule has 1 aromatic rings. The highest BCUT2D eigenvalue weighted by atomic mass is 16.5. The smallest absolute Gasteiger partial charge is 0.326 e. The molecule has 1 atom stereocenters. The van der Waals surface area contributed by atoms with Crippen LogP contribution >= 0.6 is 0 Å². The number of anilines is 1. The van der Waals surface area contributed by atoms with Crippen LogP contribution in [0.1, 0.15) is 50.4 Å². The number of nitrogens with zero attached hydrogens (tertiary/aromatic N) is 1. The molecule has 142 valence electrons. The van der Waals surface area contributed by atoms with Crippen molar-refractivity contribution in [3.05, 3.63) is 29.8 Å². The van der Waals surface area contributed by atoms with Crippen LogP contribution in [0.3, 0.4) is 0 Å². The predicted octanol–water partition coefficient (Wildman–Crippen LogP) is 2.20. The van der Waals surface area contributed by atoms with Crippen LogP contribution in [0.15, 0.2) is 24.3 Å². The Kier molecular flexibility index (Phi) is 6.37. The fourth-order valence-electron chi connectivity index (χ4n) is 2.72. The molecule has 1 saturated heterocycles. The molecule has 2 rings (SSSR count). The van der Waals surface area contributed by atoms with Gasteiger partial charge in [-0.3, -0.25) is 9.59 Å². The number of nitrogens with one attached hydrogen (secondary N) is 1. The van der Waals surface area contributed by atoms with Crippen LogP contribution in [0, 0.1) is 0 Å². The van der Waals surface area contributed by atoms with Crippen LogP contribution in [0.4, 0.5) is 5.69 Å². The lowest BCUT2D eigenvalue weighted by molar-refractivity contribution is -0.140. The average Bonchev–Trinajstić information content (AvgIpc) is 2.98. The number of hydrogen-bond acceptors (Lipinski definition) is 4. The molecular formula is C19H26N2O5. The van der Waals surface area contributed by atoms with Crippen LogP contribution in [0.5, 0.6) is 0 Å². The highest BCUT2D eigenvalue weighted by Crippen LogP contribution is 2.22. The normalized spacial score (nSPS) is 15.8. The Balaban J connectivity index is 2.02. The van der Waals surface area contributed by atoms with E-state index in [2.05, 4.69) is 5.32 Å². The second-order valence-electron chi connectivity index (χ2n) is 7.31. The Hall–Kier alpha value is -2.41. The first-order valence-corrected chi connectivity index (χ1v) is 8.75. The summed E-state index contributed by atoms with van der Waals surface area (Å²) in [5.74, 6) is -1.56. The van der Waals surface area contributed by atoms with Crippen LogP contribution in [-0.4, -0.2) is 47.7 Å². The number of aliphatic carboxylic acids is 1. The molecule has 7 heteroatoms. The minimum Gasteiger partial charge on any atom is -0.480 e. The molecule has 1 aromatic carbocycles. The van der Waals surface area contributed by atoms with E-state index in [0.29, 0.717) is 24.2 Å². The van der Waals surface area contributed by atoms with E-state index in [4.69, 9.17) is 4.74 Å². The maximum absolute atomic E-state index is 12.4. The molecule has 1 aliphatic heterocycles. The molecule has 0 radical (unpaired) electrons. The largest absolute Gasteiger partial charge is 0.480 e. The van der Waals surface area contributed by atoms with E-state index in [-0.39, 0.29) is 24.5 Å². The third kappa shape index (κ3) is 5.56. The van der Waals surface area contributed by atoms with E-state index in [1.54, 1.807) is 29.2 Å². The molecule has 26 heavy (non-hydrogen) atoms. The van der Waals surface area contributed by atoms with E-state index in [1.165, 1.54) is 0 Å². The Bertz CT molecular complexity index is 681. The molecule has 1 unspecified atom stereocenters. The summed E-state index contributed by atoms with van der Waals surface area (Å²) in [6, 6.07) is 5.63. The standard InChI is InChI=1S/C19H26N2O5/c1-19(2,3)26-11-9-15(18(24)25)20-17(23)13-6-4-7-14(12-13)21-10-5-8-16(21)22/h4,6-7,12,15H,5,8-11H2,1-3H3,(H,20,23)(H,24,25). The second-order valence-corrected chi connectivity index (χ2v) is 7.31. The summed E-state index contributed by atoms with van der Waals surface area (Å²) in [6.45, 7) is 6.50. The molecule has 1 heterocycles. The van der Waals surface area contributed by atoms with Gasteiger partial charge in [0.2, 0.25) is 5.91 Å². The number of carbonyl (C=O) groups is 3.